The highest BCUT2D eigenvalue weighted by Crippen LogP contribution is 2.27. The van der Waals surface area contributed by atoms with Crippen molar-refractivity contribution in [2.45, 2.75) is 40.7 Å². The summed E-state index contributed by atoms with van der Waals surface area (Å²) in [4.78, 5) is 0. The Kier molecular flexibility index (Phi) is 3.33. The normalized spacial score (nSPS) is 13.4. The van der Waals surface area contributed by atoms with Crippen LogP contribution in [0.4, 0.5) is 0 Å². The van der Waals surface area contributed by atoms with Crippen molar-refractivity contribution >= 4 is 0 Å². The van der Waals surface area contributed by atoms with Crippen LogP contribution in [0, 0.1) is 26.7 Å². The first kappa shape index (κ1) is 11.3. The summed E-state index contributed by atoms with van der Waals surface area (Å²) in [5.74, 6) is 0.273. The third-order valence-electron chi connectivity index (χ3n) is 2.80. The van der Waals surface area contributed by atoms with Crippen LogP contribution < -0.4 is 0 Å². The number of hydrogen-bond donors (Lipinski definition) is 1. The number of rotatable bonds is 2. The summed E-state index contributed by atoms with van der Waals surface area (Å²) in [6, 6.07) is 4.25. The van der Waals surface area contributed by atoms with E-state index < -0.39 is 0 Å². The minimum absolute atomic E-state index is 0.273. The molecule has 0 saturated heterocycles. The van der Waals surface area contributed by atoms with Gasteiger partial charge in [0.05, 0.1) is 6.10 Å². The molecule has 0 aliphatic carbocycles. The number of hydrogen-bond acceptors (Lipinski definition) is 1. The van der Waals surface area contributed by atoms with E-state index in [2.05, 4.69) is 32.9 Å². The Morgan fingerprint density at radius 3 is 2.14 bits per heavy atom. The number of aliphatic hydroxyl groups excluding tert-OH is 1. The van der Waals surface area contributed by atoms with E-state index >= 15 is 0 Å². The number of aryl methyl sites for hydroxylation is 2. The molecular formula is C13H20O. The van der Waals surface area contributed by atoms with E-state index in [0.717, 1.165) is 5.56 Å². The van der Waals surface area contributed by atoms with E-state index in [1.54, 1.807) is 0 Å². The van der Waals surface area contributed by atoms with Crippen molar-refractivity contribution < 1.29 is 5.11 Å². The standard InChI is InChI=1S/C13H20O/c1-8(2)13(14)12-7-9(3)6-10(4)11(12)5/h6-8,13-14H,1-5H3. The average molecular weight is 192 g/mol. The summed E-state index contributed by atoms with van der Waals surface area (Å²) >= 11 is 0. The monoisotopic (exact) mass is 192 g/mol. The maximum atomic E-state index is 10.0. The van der Waals surface area contributed by atoms with E-state index in [1.165, 1.54) is 16.7 Å². The first-order valence-electron chi connectivity index (χ1n) is 5.19. The van der Waals surface area contributed by atoms with Gasteiger partial charge in [-0.2, -0.15) is 0 Å². The number of benzene rings is 1. The molecule has 0 aliphatic rings. The lowest BCUT2D eigenvalue weighted by Crippen LogP contribution is -2.08. The first-order chi connectivity index (χ1) is 6.43. The quantitative estimate of drug-likeness (QED) is 0.762. The molecule has 1 aromatic carbocycles. The Hall–Kier alpha value is -0.820. The van der Waals surface area contributed by atoms with Crippen molar-refractivity contribution in [2.24, 2.45) is 5.92 Å². The maximum absolute atomic E-state index is 10.0. The summed E-state index contributed by atoms with van der Waals surface area (Å²) in [7, 11) is 0. The molecule has 0 bridgehead atoms. The van der Waals surface area contributed by atoms with E-state index in [0.29, 0.717) is 0 Å². The minimum Gasteiger partial charge on any atom is -0.388 e. The Labute approximate surface area is 86.8 Å². The summed E-state index contributed by atoms with van der Waals surface area (Å²) in [6.07, 6.45) is -0.339. The molecular weight excluding hydrogens is 172 g/mol. The average Bonchev–Trinajstić information content (AvgIpc) is 2.09. The Balaban J connectivity index is 3.20. The highest BCUT2D eigenvalue weighted by Gasteiger charge is 2.15. The molecule has 1 heteroatoms. The molecule has 1 nitrogen and oxygen atoms in total. The summed E-state index contributed by atoms with van der Waals surface area (Å²) in [5.41, 5.74) is 4.79. The number of aliphatic hydroxyl groups is 1. The second-order valence-corrected chi connectivity index (χ2v) is 4.48. The molecule has 1 unspecified atom stereocenters. The Morgan fingerprint density at radius 2 is 1.64 bits per heavy atom. The van der Waals surface area contributed by atoms with Gasteiger partial charge in [0.1, 0.15) is 0 Å². The van der Waals surface area contributed by atoms with Crippen LogP contribution in [0.2, 0.25) is 0 Å². The largest absolute Gasteiger partial charge is 0.388 e. The SMILES string of the molecule is Cc1cc(C)c(C)c(C(O)C(C)C)c1. The zero-order valence-electron chi connectivity index (χ0n) is 9.76. The fraction of sp³-hybridized carbons (Fsp3) is 0.538. The van der Waals surface area contributed by atoms with Gasteiger partial charge in [-0.3, -0.25) is 0 Å². The van der Waals surface area contributed by atoms with Gasteiger partial charge in [-0.15, -0.1) is 0 Å². The molecule has 0 saturated carbocycles. The van der Waals surface area contributed by atoms with Crippen LogP contribution in [-0.2, 0) is 0 Å². The van der Waals surface area contributed by atoms with Gasteiger partial charge < -0.3 is 5.11 Å². The van der Waals surface area contributed by atoms with E-state index in [4.69, 9.17) is 0 Å². The van der Waals surface area contributed by atoms with Crippen LogP contribution in [0.15, 0.2) is 12.1 Å². The van der Waals surface area contributed by atoms with Gasteiger partial charge >= 0.3 is 0 Å². The molecule has 1 rings (SSSR count). The molecule has 78 valence electrons. The smallest absolute Gasteiger partial charge is 0.0815 e. The van der Waals surface area contributed by atoms with Crippen LogP contribution in [0.3, 0.4) is 0 Å². The molecule has 0 heterocycles. The zero-order chi connectivity index (χ0) is 10.9. The molecule has 0 fully saturated rings. The summed E-state index contributed by atoms with van der Waals surface area (Å²) in [5, 5.41) is 10.0. The lowest BCUT2D eigenvalue weighted by Gasteiger charge is -2.19. The Morgan fingerprint density at radius 1 is 1.07 bits per heavy atom. The molecule has 1 aromatic rings. The van der Waals surface area contributed by atoms with Crippen LogP contribution in [0.5, 0.6) is 0 Å². The van der Waals surface area contributed by atoms with E-state index in [1.807, 2.05) is 13.8 Å². The lowest BCUT2D eigenvalue weighted by atomic mass is 9.91. The van der Waals surface area contributed by atoms with Gasteiger partial charge in [-0.25, -0.2) is 0 Å². The van der Waals surface area contributed by atoms with Crippen LogP contribution >= 0.6 is 0 Å². The van der Waals surface area contributed by atoms with Gasteiger partial charge in [0, 0.05) is 0 Å². The van der Waals surface area contributed by atoms with Crippen LogP contribution in [0.25, 0.3) is 0 Å². The van der Waals surface area contributed by atoms with Crippen molar-refractivity contribution in [3.05, 3.63) is 34.4 Å². The molecule has 0 radical (unpaired) electrons. The van der Waals surface area contributed by atoms with Gasteiger partial charge in [0.25, 0.3) is 0 Å². The van der Waals surface area contributed by atoms with E-state index in [9.17, 15) is 5.11 Å². The van der Waals surface area contributed by atoms with Crippen LogP contribution in [-0.4, -0.2) is 5.11 Å². The molecule has 0 amide bonds. The van der Waals surface area contributed by atoms with Crippen molar-refractivity contribution in [3.8, 4) is 0 Å². The topological polar surface area (TPSA) is 20.2 Å². The molecule has 0 spiro atoms. The highest BCUT2D eigenvalue weighted by atomic mass is 16.3. The van der Waals surface area contributed by atoms with Crippen molar-refractivity contribution in [1.29, 1.82) is 0 Å². The fourth-order valence-electron chi connectivity index (χ4n) is 1.74. The first-order valence-corrected chi connectivity index (χ1v) is 5.19. The second kappa shape index (κ2) is 4.14. The second-order valence-electron chi connectivity index (χ2n) is 4.48. The van der Waals surface area contributed by atoms with Gasteiger partial charge in [0.2, 0.25) is 0 Å². The zero-order valence-corrected chi connectivity index (χ0v) is 9.76. The van der Waals surface area contributed by atoms with Crippen LogP contribution in [0.1, 0.15) is 42.2 Å². The molecule has 1 N–H and O–H groups in total. The Bertz CT molecular complexity index is 326. The lowest BCUT2D eigenvalue weighted by molar-refractivity contribution is 0.126. The van der Waals surface area contributed by atoms with Gasteiger partial charge in [-0.05, 0) is 43.4 Å². The summed E-state index contributed by atoms with van der Waals surface area (Å²) < 4.78 is 0. The third kappa shape index (κ3) is 2.16. The summed E-state index contributed by atoms with van der Waals surface area (Å²) in [6.45, 7) is 10.3. The molecule has 14 heavy (non-hydrogen) atoms. The predicted molar refractivity (Wildman–Crippen MR) is 60.5 cm³/mol. The van der Waals surface area contributed by atoms with Crippen molar-refractivity contribution in [3.63, 3.8) is 0 Å². The molecule has 1 atom stereocenters. The van der Waals surface area contributed by atoms with Crippen molar-refractivity contribution in [2.75, 3.05) is 0 Å². The van der Waals surface area contributed by atoms with E-state index in [-0.39, 0.29) is 12.0 Å². The third-order valence-corrected chi connectivity index (χ3v) is 2.80. The fourth-order valence-corrected chi connectivity index (χ4v) is 1.74. The highest BCUT2D eigenvalue weighted by molar-refractivity contribution is 5.38. The molecule has 0 aliphatic heterocycles. The van der Waals surface area contributed by atoms with Crippen molar-refractivity contribution in [1.82, 2.24) is 0 Å². The minimum atomic E-state index is -0.339. The maximum Gasteiger partial charge on any atom is 0.0815 e. The molecule has 0 aromatic heterocycles. The van der Waals surface area contributed by atoms with Gasteiger partial charge in [0.15, 0.2) is 0 Å². The van der Waals surface area contributed by atoms with Gasteiger partial charge in [-0.1, -0.05) is 31.5 Å². The predicted octanol–water partition coefficient (Wildman–Crippen LogP) is 3.30.